The lowest BCUT2D eigenvalue weighted by atomic mass is 10.1. The van der Waals surface area contributed by atoms with Crippen LogP contribution >= 0.6 is 0 Å². The number of pyridine rings is 1. The van der Waals surface area contributed by atoms with Crippen molar-refractivity contribution in [2.45, 2.75) is 26.2 Å². The topological polar surface area (TPSA) is 67.8 Å². The molecule has 1 unspecified atom stereocenters. The molecule has 0 spiro atoms. The molecule has 0 aromatic carbocycles. The molecule has 1 aromatic rings. The normalized spacial score (nSPS) is 17.9. The van der Waals surface area contributed by atoms with Crippen LogP contribution < -0.4 is 10.6 Å². The molecular formula is C18H30N4O2. The highest BCUT2D eigenvalue weighted by atomic mass is 16.5. The number of nitrogens with zero attached hydrogens (tertiary/aromatic N) is 2. The van der Waals surface area contributed by atoms with E-state index in [1.54, 1.807) is 0 Å². The Kier molecular flexibility index (Phi) is 9.19. The van der Waals surface area contributed by atoms with Crippen molar-refractivity contribution in [2.24, 2.45) is 10.9 Å². The maximum absolute atomic E-state index is 5.70. The summed E-state index contributed by atoms with van der Waals surface area (Å²) in [6, 6.07) is 5.99. The minimum Gasteiger partial charge on any atom is -0.381 e. The molecule has 1 aromatic heterocycles. The molecule has 0 radical (unpaired) electrons. The van der Waals surface area contributed by atoms with Crippen molar-refractivity contribution in [1.29, 1.82) is 0 Å². The summed E-state index contributed by atoms with van der Waals surface area (Å²) in [6.07, 6.45) is 4.78. The van der Waals surface area contributed by atoms with Crippen molar-refractivity contribution in [2.75, 3.05) is 46.1 Å². The zero-order valence-electron chi connectivity index (χ0n) is 14.7. The van der Waals surface area contributed by atoms with Gasteiger partial charge in [0.2, 0.25) is 0 Å². The van der Waals surface area contributed by atoms with E-state index in [0.29, 0.717) is 5.92 Å². The van der Waals surface area contributed by atoms with Crippen molar-refractivity contribution < 1.29 is 9.47 Å². The van der Waals surface area contributed by atoms with Crippen molar-refractivity contribution in [1.82, 2.24) is 15.6 Å². The van der Waals surface area contributed by atoms with Crippen LogP contribution in [-0.2, 0) is 15.9 Å². The highest BCUT2D eigenvalue weighted by molar-refractivity contribution is 5.79. The van der Waals surface area contributed by atoms with Crippen LogP contribution in [0, 0.1) is 5.92 Å². The molecule has 0 amide bonds. The Morgan fingerprint density at radius 2 is 2.38 bits per heavy atom. The number of rotatable bonds is 10. The molecule has 2 N–H and O–H groups in total. The zero-order chi connectivity index (χ0) is 16.9. The van der Waals surface area contributed by atoms with Gasteiger partial charge in [0.25, 0.3) is 0 Å². The Morgan fingerprint density at radius 3 is 3.12 bits per heavy atom. The van der Waals surface area contributed by atoms with Crippen LogP contribution in [0.2, 0.25) is 0 Å². The predicted molar refractivity (Wildman–Crippen MR) is 96.3 cm³/mol. The van der Waals surface area contributed by atoms with Gasteiger partial charge in [-0.25, -0.2) is 0 Å². The second-order valence-corrected chi connectivity index (χ2v) is 5.92. The third-order valence-corrected chi connectivity index (χ3v) is 3.84. The van der Waals surface area contributed by atoms with Crippen LogP contribution in [0.5, 0.6) is 0 Å². The van der Waals surface area contributed by atoms with Gasteiger partial charge in [-0.2, -0.15) is 0 Å². The summed E-state index contributed by atoms with van der Waals surface area (Å²) in [7, 11) is 0. The largest absolute Gasteiger partial charge is 0.381 e. The molecule has 0 bridgehead atoms. The first-order valence-corrected chi connectivity index (χ1v) is 8.96. The SMILES string of the molecule is CCNC(=NCCCOCC1CCOC1)NCCc1ccccn1. The van der Waals surface area contributed by atoms with Gasteiger partial charge in [0, 0.05) is 57.1 Å². The van der Waals surface area contributed by atoms with Crippen LogP contribution in [0.15, 0.2) is 29.4 Å². The Bertz CT molecular complexity index is 461. The molecule has 1 aliphatic rings. The Balaban J connectivity index is 1.57. The van der Waals surface area contributed by atoms with Crippen LogP contribution in [-0.4, -0.2) is 57.0 Å². The molecule has 1 aliphatic heterocycles. The summed E-state index contributed by atoms with van der Waals surface area (Å²) in [5.74, 6) is 1.44. The summed E-state index contributed by atoms with van der Waals surface area (Å²) in [6.45, 7) is 7.81. The van der Waals surface area contributed by atoms with E-state index in [1.165, 1.54) is 0 Å². The molecule has 6 heteroatoms. The van der Waals surface area contributed by atoms with Gasteiger partial charge in [-0.3, -0.25) is 9.98 Å². The summed E-state index contributed by atoms with van der Waals surface area (Å²) in [5.41, 5.74) is 1.09. The van der Waals surface area contributed by atoms with E-state index >= 15 is 0 Å². The minimum absolute atomic E-state index is 0.582. The molecule has 0 saturated carbocycles. The van der Waals surface area contributed by atoms with E-state index < -0.39 is 0 Å². The monoisotopic (exact) mass is 334 g/mol. The van der Waals surface area contributed by atoms with Crippen molar-refractivity contribution >= 4 is 5.96 Å². The number of hydrogen-bond donors (Lipinski definition) is 2. The second-order valence-electron chi connectivity index (χ2n) is 5.92. The minimum atomic E-state index is 0.582. The lowest BCUT2D eigenvalue weighted by Crippen LogP contribution is -2.38. The zero-order valence-corrected chi connectivity index (χ0v) is 14.7. The number of ether oxygens (including phenoxy) is 2. The van der Waals surface area contributed by atoms with Gasteiger partial charge < -0.3 is 20.1 Å². The Labute approximate surface area is 145 Å². The van der Waals surface area contributed by atoms with Crippen molar-refractivity contribution in [3.8, 4) is 0 Å². The maximum Gasteiger partial charge on any atom is 0.191 e. The maximum atomic E-state index is 5.70. The van der Waals surface area contributed by atoms with Gasteiger partial charge in [0.05, 0.1) is 13.2 Å². The van der Waals surface area contributed by atoms with E-state index in [9.17, 15) is 0 Å². The summed E-state index contributed by atoms with van der Waals surface area (Å²) >= 11 is 0. The molecule has 2 heterocycles. The fourth-order valence-corrected chi connectivity index (χ4v) is 2.52. The smallest absolute Gasteiger partial charge is 0.191 e. The van der Waals surface area contributed by atoms with Crippen molar-refractivity contribution in [3.63, 3.8) is 0 Å². The van der Waals surface area contributed by atoms with E-state index in [1.807, 2.05) is 24.4 Å². The second kappa shape index (κ2) is 11.8. The van der Waals surface area contributed by atoms with Gasteiger partial charge in [-0.1, -0.05) is 6.07 Å². The molecule has 24 heavy (non-hydrogen) atoms. The number of guanidine groups is 1. The van der Waals surface area contributed by atoms with Crippen LogP contribution in [0.3, 0.4) is 0 Å². The standard InChI is InChI=1S/C18H30N4O2/c1-2-19-18(22-11-7-17-6-3-4-9-20-17)21-10-5-12-23-14-16-8-13-24-15-16/h3-4,6,9,16H,2,5,7-8,10-15H2,1H3,(H2,19,21,22). The van der Waals surface area contributed by atoms with E-state index in [0.717, 1.165) is 77.0 Å². The average molecular weight is 334 g/mol. The van der Waals surface area contributed by atoms with Gasteiger partial charge >= 0.3 is 0 Å². The first-order chi connectivity index (χ1) is 11.9. The summed E-state index contributed by atoms with van der Waals surface area (Å²) < 4.78 is 11.0. The third-order valence-electron chi connectivity index (χ3n) is 3.84. The van der Waals surface area contributed by atoms with E-state index in [2.05, 4.69) is 27.5 Å². The predicted octanol–water partition coefficient (Wildman–Crippen LogP) is 1.62. The number of aliphatic imine (C=N–C) groups is 1. The van der Waals surface area contributed by atoms with Gasteiger partial charge in [0.1, 0.15) is 0 Å². The van der Waals surface area contributed by atoms with E-state index in [4.69, 9.17) is 9.47 Å². The lowest BCUT2D eigenvalue weighted by Gasteiger charge is -2.11. The fraction of sp³-hybridized carbons (Fsp3) is 0.667. The highest BCUT2D eigenvalue weighted by Gasteiger charge is 2.15. The number of hydrogen-bond acceptors (Lipinski definition) is 4. The van der Waals surface area contributed by atoms with Crippen LogP contribution in [0.4, 0.5) is 0 Å². The number of nitrogens with one attached hydrogen (secondary N) is 2. The van der Waals surface area contributed by atoms with Crippen molar-refractivity contribution in [3.05, 3.63) is 30.1 Å². The Hall–Kier alpha value is -1.66. The average Bonchev–Trinajstić information content (AvgIpc) is 3.12. The molecule has 2 rings (SSSR count). The first kappa shape index (κ1) is 18.7. The molecule has 0 aliphatic carbocycles. The molecule has 1 saturated heterocycles. The first-order valence-electron chi connectivity index (χ1n) is 8.96. The molecule has 134 valence electrons. The highest BCUT2D eigenvalue weighted by Crippen LogP contribution is 2.12. The lowest BCUT2D eigenvalue weighted by molar-refractivity contribution is 0.0893. The molecule has 6 nitrogen and oxygen atoms in total. The third kappa shape index (κ3) is 7.75. The van der Waals surface area contributed by atoms with Gasteiger partial charge in [0.15, 0.2) is 5.96 Å². The summed E-state index contributed by atoms with van der Waals surface area (Å²) in [5, 5.41) is 6.61. The summed E-state index contributed by atoms with van der Waals surface area (Å²) in [4.78, 5) is 8.91. The Morgan fingerprint density at radius 1 is 1.42 bits per heavy atom. The molecule has 1 fully saturated rings. The molecular weight excluding hydrogens is 304 g/mol. The van der Waals surface area contributed by atoms with Gasteiger partial charge in [-0.15, -0.1) is 0 Å². The van der Waals surface area contributed by atoms with E-state index in [-0.39, 0.29) is 0 Å². The van der Waals surface area contributed by atoms with Gasteiger partial charge in [-0.05, 0) is 31.9 Å². The van der Waals surface area contributed by atoms with Crippen LogP contribution in [0.1, 0.15) is 25.5 Å². The quantitative estimate of drug-likeness (QED) is 0.387. The van der Waals surface area contributed by atoms with Crippen LogP contribution in [0.25, 0.3) is 0 Å². The molecule has 1 atom stereocenters. The fourth-order valence-electron chi connectivity index (χ4n) is 2.52. The number of aromatic nitrogens is 1.